The molecule has 3 aliphatic heterocycles. The molecule has 7 nitrogen and oxygen atoms in total. The van der Waals surface area contributed by atoms with Gasteiger partial charge in [0.25, 0.3) is 5.91 Å². The third kappa shape index (κ3) is 2.26. The summed E-state index contributed by atoms with van der Waals surface area (Å²) in [7, 11) is 0. The van der Waals surface area contributed by atoms with Crippen LogP contribution in [0.25, 0.3) is 0 Å². The van der Waals surface area contributed by atoms with Crippen molar-refractivity contribution < 1.29 is 23.9 Å². The Labute approximate surface area is 151 Å². The van der Waals surface area contributed by atoms with Crippen molar-refractivity contribution in [3.05, 3.63) is 34.9 Å². The van der Waals surface area contributed by atoms with E-state index in [-0.39, 0.29) is 24.3 Å². The second-order valence-electron chi connectivity index (χ2n) is 7.86. The van der Waals surface area contributed by atoms with Crippen LogP contribution in [-0.2, 0) is 19.9 Å². The van der Waals surface area contributed by atoms with Crippen molar-refractivity contribution in [2.75, 3.05) is 26.3 Å². The lowest BCUT2D eigenvalue weighted by molar-refractivity contribution is -0.135. The summed E-state index contributed by atoms with van der Waals surface area (Å²) >= 11 is 0. The van der Waals surface area contributed by atoms with E-state index in [0.717, 1.165) is 0 Å². The van der Waals surface area contributed by atoms with Gasteiger partial charge >= 0.3 is 5.97 Å². The molecule has 2 N–H and O–H groups in total. The van der Waals surface area contributed by atoms with Gasteiger partial charge in [-0.1, -0.05) is 12.1 Å². The first kappa shape index (κ1) is 17.0. The minimum atomic E-state index is -0.760. The Morgan fingerprint density at radius 1 is 1.31 bits per heavy atom. The third-order valence-corrected chi connectivity index (χ3v) is 5.98. The number of carbonyl (C=O) groups excluding carboxylic acids is 3. The molecule has 0 aromatic heterocycles. The summed E-state index contributed by atoms with van der Waals surface area (Å²) in [6.45, 7) is 5.13. The van der Waals surface area contributed by atoms with Gasteiger partial charge < -0.3 is 20.1 Å². The number of carbonyl (C=O) groups is 3. The van der Waals surface area contributed by atoms with Gasteiger partial charge in [-0.3, -0.25) is 9.59 Å². The van der Waals surface area contributed by atoms with Crippen molar-refractivity contribution in [2.24, 2.45) is 17.1 Å². The Morgan fingerprint density at radius 3 is 2.77 bits per heavy atom. The molecule has 2 amide bonds. The lowest BCUT2D eigenvalue weighted by Crippen LogP contribution is -2.48. The standard InChI is InChI=1S/C19H22N2O5/c1-18(2)13-5-3-4-12(14(13)16(23)26-18)15(22)21-8-11-9-25-7-6-19(11,10-21)17(20)24/h3-5,11H,6-10H2,1-2H3,(H2,20,24)/t11-,19+/m1/s1. The number of fused-ring (bicyclic) bond motifs is 2. The van der Waals surface area contributed by atoms with E-state index >= 15 is 0 Å². The van der Waals surface area contributed by atoms with Crippen molar-refractivity contribution in [3.63, 3.8) is 0 Å². The molecular weight excluding hydrogens is 336 g/mol. The molecule has 26 heavy (non-hydrogen) atoms. The Hall–Kier alpha value is -2.41. The van der Waals surface area contributed by atoms with Crippen molar-refractivity contribution >= 4 is 17.8 Å². The third-order valence-electron chi connectivity index (χ3n) is 5.98. The number of benzene rings is 1. The van der Waals surface area contributed by atoms with E-state index in [2.05, 4.69) is 0 Å². The lowest BCUT2D eigenvalue weighted by Gasteiger charge is -2.34. The fourth-order valence-electron chi connectivity index (χ4n) is 4.47. The van der Waals surface area contributed by atoms with Crippen LogP contribution in [0.3, 0.4) is 0 Å². The molecule has 0 spiro atoms. The fourth-order valence-corrected chi connectivity index (χ4v) is 4.47. The van der Waals surface area contributed by atoms with Gasteiger partial charge in [0.15, 0.2) is 0 Å². The smallest absolute Gasteiger partial charge is 0.340 e. The minimum Gasteiger partial charge on any atom is -0.451 e. The van der Waals surface area contributed by atoms with Gasteiger partial charge in [0.1, 0.15) is 5.60 Å². The topological polar surface area (TPSA) is 98.9 Å². The highest BCUT2D eigenvalue weighted by Gasteiger charge is 2.54. The molecule has 0 saturated carbocycles. The van der Waals surface area contributed by atoms with Gasteiger partial charge in [-0.15, -0.1) is 0 Å². The fraction of sp³-hybridized carbons (Fsp3) is 0.526. The molecule has 1 aromatic carbocycles. The first-order chi connectivity index (χ1) is 12.3. The monoisotopic (exact) mass is 358 g/mol. The molecule has 4 rings (SSSR count). The van der Waals surface area contributed by atoms with E-state index in [1.807, 2.05) is 0 Å². The summed E-state index contributed by atoms with van der Waals surface area (Å²) < 4.78 is 10.9. The van der Waals surface area contributed by atoms with Crippen LogP contribution in [0.15, 0.2) is 18.2 Å². The van der Waals surface area contributed by atoms with Crippen LogP contribution < -0.4 is 5.73 Å². The Balaban J connectivity index is 1.70. The zero-order valence-corrected chi connectivity index (χ0v) is 14.9. The lowest BCUT2D eigenvalue weighted by atomic mass is 9.74. The van der Waals surface area contributed by atoms with Crippen molar-refractivity contribution in [1.82, 2.24) is 4.90 Å². The largest absolute Gasteiger partial charge is 0.451 e. The van der Waals surface area contributed by atoms with Gasteiger partial charge in [0.05, 0.1) is 23.1 Å². The average molecular weight is 358 g/mol. The quantitative estimate of drug-likeness (QED) is 0.797. The van der Waals surface area contributed by atoms with E-state index < -0.39 is 17.0 Å². The Bertz CT molecular complexity index is 818. The number of rotatable bonds is 2. The van der Waals surface area contributed by atoms with Crippen LogP contribution in [-0.4, -0.2) is 49.0 Å². The van der Waals surface area contributed by atoms with Gasteiger partial charge in [-0.2, -0.15) is 0 Å². The van der Waals surface area contributed by atoms with Gasteiger partial charge in [-0.05, 0) is 26.3 Å². The summed E-state index contributed by atoms with van der Waals surface area (Å²) in [6.07, 6.45) is 0.513. The van der Waals surface area contributed by atoms with Crippen molar-refractivity contribution in [1.29, 1.82) is 0 Å². The van der Waals surface area contributed by atoms with E-state index in [0.29, 0.717) is 42.9 Å². The number of likely N-dealkylation sites (tertiary alicyclic amines) is 1. The second kappa shape index (κ2) is 5.54. The number of hydrogen-bond donors (Lipinski definition) is 1. The summed E-state index contributed by atoms with van der Waals surface area (Å²) in [5, 5.41) is 0. The predicted molar refractivity (Wildman–Crippen MR) is 91.3 cm³/mol. The molecular formula is C19H22N2O5. The first-order valence-electron chi connectivity index (χ1n) is 8.80. The van der Waals surface area contributed by atoms with Crippen LogP contribution in [0.4, 0.5) is 0 Å². The summed E-state index contributed by atoms with van der Waals surface area (Å²) in [5.41, 5.74) is 5.53. The normalized spacial score (nSPS) is 29.1. The molecule has 3 heterocycles. The molecule has 0 bridgehead atoms. The maximum Gasteiger partial charge on any atom is 0.340 e. The molecule has 3 aliphatic rings. The number of primary amides is 1. The first-order valence-corrected chi connectivity index (χ1v) is 8.80. The highest BCUT2D eigenvalue weighted by Crippen LogP contribution is 2.43. The molecule has 1 aromatic rings. The molecule has 0 radical (unpaired) electrons. The van der Waals surface area contributed by atoms with Gasteiger partial charge in [0, 0.05) is 31.2 Å². The number of nitrogens with zero attached hydrogens (tertiary/aromatic N) is 1. The van der Waals surface area contributed by atoms with Crippen molar-refractivity contribution in [2.45, 2.75) is 25.9 Å². The Kier molecular flexibility index (Phi) is 3.63. The van der Waals surface area contributed by atoms with Crippen LogP contribution >= 0.6 is 0 Å². The molecule has 2 fully saturated rings. The van der Waals surface area contributed by atoms with Gasteiger partial charge in [0.2, 0.25) is 5.91 Å². The van der Waals surface area contributed by atoms with Gasteiger partial charge in [-0.25, -0.2) is 4.79 Å². The zero-order valence-electron chi connectivity index (χ0n) is 14.9. The van der Waals surface area contributed by atoms with E-state index in [1.165, 1.54) is 0 Å². The number of nitrogens with two attached hydrogens (primary N) is 1. The molecule has 2 saturated heterocycles. The molecule has 0 unspecified atom stereocenters. The Morgan fingerprint density at radius 2 is 2.08 bits per heavy atom. The number of cyclic esters (lactones) is 1. The van der Waals surface area contributed by atoms with Crippen LogP contribution in [0, 0.1) is 11.3 Å². The predicted octanol–water partition coefficient (Wildman–Crippen LogP) is 1.06. The number of hydrogen-bond acceptors (Lipinski definition) is 5. The summed E-state index contributed by atoms with van der Waals surface area (Å²) in [6, 6.07) is 5.20. The second-order valence-corrected chi connectivity index (χ2v) is 7.86. The summed E-state index contributed by atoms with van der Waals surface area (Å²) in [4.78, 5) is 39.3. The van der Waals surface area contributed by atoms with Crippen LogP contribution in [0.5, 0.6) is 0 Å². The highest BCUT2D eigenvalue weighted by atomic mass is 16.6. The molecule has 7 heteroatoms. The average Bonchev–Trinajstić information content (AvgIpc) is 3.11. The van der Waals surface area contributed by atoms with Crippen LogP contribution in [0.2, 0.25) is 0 Å². The molecule has 138 valence electrons. The maximum absolute atomic E-state index is 13.2. The zero-order chi connectivity index (χ0) is 18.7. The van der Waals surface area contributed by atoms with E-state index in [4.69, 9.17) is 15.2 Å². The van der Waals surface area contributed by atoms with Crippen molar-refractivity contribution in [3.8, 4) is 0 Å². The molecule has 2 atom stereocenters. The SMILES string of the molecule is CC1(C)OC(=O)c2c(C(=O)N3C[C@@H]4COCC[C@]4(C(N)=O)C3)cccc21. The molecule has 0 aliphatic carbocycles. The minimum absolute atomic E-state index is 0.113. The number of ether oxygens (including phenoxy) is 2. The highest BCUT2D eigenvalue weighted by molar-refractivity contribution is 6.08. The number of esters is 1. The maximum atomic E-state index is 13.2. The summed E-state index contributed by atoms with van der Waals surface area (Å²) in [5.74, 6) is -1.26. The van der Waals surface area contributed by atoms with E-state index in [1.54, 1.807) is 36.9 Å². The van der Waals surface area contributed by atoms with E-state index in [9.17, 15) is 14.4 Å². The van der Waals surface area contributed by atoms with Crippen LogP contribution in [0.1, 0.15) is 46.5 Å². The number of amides is 2.